The molecule has 128 valence electrons. The molecule has 3 rings (SSSR count). The number of hydrogen-bond acceptors (Lipinski definition) is 4. The number of thiocarbonyl (C=S) groups is 1. The van der Waals surface area contributed by atoms with Gasteiger partial charge < -0.3 is 5.11 Å². The van der Waals surface area contributed by atoms with Gasteiger partial charge in [-0.1, -0.05) is 47.2 Å². The van der Waals surface area contributed by atoms with Gasteiger partial charge in [0.25, 0.3) is 5.91 Å². The van der Waals surface area contributed by atoms with Crippen LogP contribution in [0.15, 0.2) is 35.2 Å². The van der Waals surface area contributed by atoms with Gasteiger partial charge in [0.1, 0.15) is 5.75 Å². The van der Waals surface area contributed by atoms with Crippen molar-refractivity contribution in [1.29, 1.82) is 0 Å². The van der Waals surface area contributed by atoms with Crippen LogP contribution in [0.5, 0.6) is 5.75 Å². The predicted octanol–water partition coefficient (Wildman–Crippen LogP) is 6.31. The van der Waals surface area contributed by atoms with Crippen LogP contribution < -0.4 is 4.90 Å². The highest BCUT2D eigenvalue weighted by molar-refractivity contribution is 14.1. The van der Waals surface area contributed by atoms with Crippen LogP contribution in [0, 0.1) is 7.14 Å². The Morgan fingerprint density at radius 1 is 1.16 bits per heavy atom. The number of phenolic OH excluding ortho intramolecular Hbond substituents is 1. The van der Waals surface area contributed by atoms with Gasteiger partial charge in [-0.25, -0.2) is 0 Å². The predicted molar refractivity (Wildman–Crippen MR) is 126 cm³/mol. The molecule has 0 atom stereocenters. The Hall–Kier alpha value is -0.0700. The van der Waals surface area contributed by atoms with Crippen LogP contribution in [0.25, 0.3) is 6.08 Å². The van der Waals surface area contributed by atoms with E-state index in [1.165, 1.54) is 16.7 Å². The van der Waals surface area contributed by atoms with Gasteiger partial charge in [0, 0.05) is 5.02 Å². The van der Waals surface area contributed by atoms with Crippen molar-refractivity contribution < 1.29 is 9.90 Å². The zero-order valence-electron chi connectivity index (χ0n) is 12.1. The lowest BCUT2D eigenvalue weighted by Gasteiger charge is -2.16. The summed E-state index contributed by atoms with van der Waals surface area (Å²) in [5.74, 6) is -0.00356. The lowest BCUT2D eigenvalue weighted by atomic mass is 10.2. The average Bonchev–Trinajstić information content (AvgIpc) is 2.80. The first kappa shape index (κ1) is 19.7. The van der Waals surface area contributed by atoms with Crippen molar-refractivity contribution in [1.82, 2.24) is 0 Å². The average molecular weight is 634 g/mol. The first-order valence-electron chi connectivity index (χ1n) is 6.69. The molecular formula is C16H7Cl2I2NO2S2. The Labute approximate surface area is 191 Å². The minimum absolute atomic E-state index is 0.235. The monoisotopic (exact) mass is 633 g/mol. The molecule has 0 spiro atoms. The summed E-state index contributed by atoms with van der Waals surface area (Å²) in [6, 6.07) is 8.52. The molecule has 1 aliphatic rings. The quantitative estimate of drug-likeness (QED) is 0.239. The summed E-state index contributed by atoms with van der Waals surface area (Å²) in [7, 11) is 0. The molecule has 3 nitrogen and oxygen atoms in total. The van der Waals surface area contributed by atoms with Crippen LogP contribution in [0.4, 0.5) is 5.69 Å². The van der Waals surface area contributed by atoms with E-state index < -0.39 is 0 Å². The number of carbonyl (C=O) groups is 1. The van der Waals surface area contributed by atoms with E-state index in [4.69, 9.17) is 35.4 Å². The molecule has 1 saturated heterocycles. The van der Waals surface area contributed by atoms with Crippen LogP contribution in [0.1, 0.15) is 5.56 Å². The van der Waals surface area contributed by atoms with Crippen molar-refractivity contribution >= 4 is 114 Å². The Balaban J connectivity index is 1.99. The van der Waals surface area contributed by atoms with Crippen LogP contribution in [0.3, 0.4) is 0 Å². The van der Waals surface area contributed by atoms with Crippen molar-refractivity contribution in [3.8, 4) is 5.75 Å². The summed E-state index contributed by atoms with van der Waals surface area (Å²) in [5.41, 5.74) is 1.32. The molecular weight excluding hydrogens is 627 g/mol. The number of amides is 1. The lowest BCUT2D eigenvalue weighted by molar-refractivity contribution is -0.113. The zero-order chi connectivity index (χ0) is 18.3. The van der Waals surface area contributed by atoms with Gasteiger partial charge in [0.05, 0.1) is 22.8 Å². The van der Waals surface area contributed by atoms with Crippen LogP contribution in [-0.4, -0.2) is 15.3 Å². The molecule has 0 aliphatic carbocycles. The number of nitrogens with zero attached hydrogens (tertiary/aromatic N) is 1. The highest BCUT2D eigenvalue weighted by Gasteiger charge is 2.34. The summed E-state index contributed by atoms with van der Waals surface area (Å²) < 4.78 is 1.84. The number of aromatic hydroxyl groups is 1. The van der Waals surface area contributed by atoms with Crippen LogP contribution >= 0.6 is 92.4 Å². The SMILES string of the molecule is O=C1/C(=C/c2cc(I)c(O)c(I)c2)SC(=S)N1c1ccc(Cl)cc1Cl. The smallest absolute Gasteiger partial charge is 0.270 e. The van der Waals surface area contributed by atoms with Crippen molar-refractivity contribution in [2.75, 3.05) is 4.90 Å². The Kier molecular flexibility index (Phi) is 6.21. The maximum Gasteiger partial charge on any atom is 0.270 e. The first-order valence-corrected chi connectivity index (χ1v) is 10.8. The summed E-state index contributed by atoms with van der Waals surface area (Å²) in [5, 5.41) is 10.7. The minimum atomic E-state index is -0.239. The second kappa shape index (κ2) is 7.89. The summed E-state index contributed by atoms with van der Waals surface area (Å²) in [6.45, 7) is 0. The molecule has 9 heteroatoms. The van der Waals surface area contributed by atoms with Gasteiger partial charge in [-0.2, -0.15) is 0 Å². The topological polar surface area (TPSA) is 40.5 Å². The molecule has 1 fully saturated rings. The molecule has 0 radical (unpaired) electrons. The first-order chi connectivity index (χ1) is 11.8. The van der Waals surface area contributed by atoms with Crippen molar-refractivity contribution in [2.45, 2.75) is 0 Å². The molecule has 25 heavy (non-hydrogen) atoms. The van der Waals surface area contributed by atoms with Gasteiger partial charge in [-0.05, 0) is 87.2 Å². The number of anilines is 1. The fourth-order valence-electron chi connectivity index (χ4n) is 2.16. The van der Waals surface area contributed by atoms with Gasteiger partial charge in [-0.15, -0.1) is 0 Å². The van der Waals surface area contributed by atoms with E-state index in [-0.39, 0.29) is 11.7 Å². The number of halogens is 4. The Bertz CT molecular complexity index is 927. The van der Waals surface area contributed by atoms with E-state index in [1.807, 2.05) is 0 Å². The molecule has 0 saturated carbocycles. The molecule has 1 heterocycles. The molecule has 0 bridgehead atoms. The number of carbonyl (C=O) groups excluding carboxylic acids is 1. The number of phenols is 1. The molecule has 2 aromatic carbocycles. The van der Waals surface area contributed by atoms with Crippen molar-refractivity contribution in [2.24, 2.45) is 0 Å². The van der Waals surface area contributed by atoms with E-state index in [1.54, 1.807) is 36.4 Å². The van der Waals surface area contributed by atoms with Crippen molar-refractivity contribution in [3.63, 3.8) is 0 Å². The fourth-order valence-corrected chi connectivity index (χ4v) is 5.75. The van der Waals surface area contributed by atoms with E-state index in [0.717, 1.165) is 5.56 Å². The minimum Gasteiger partial charge on any atom is -0.506 e. The third-order valence-corrected chi connectivity index (χ3v) is 6.77. The summed E-state index contributed by atoms with van der Waals surface area (Å²) in [6.07, 6.45) is 1.76. The summed E-state index contributed by atoms with van der Waals surface area (Å²) in [4.78, 5) is 14.7. The fraction of sp³-hybridized carbons (Fsp3) is 0. The molecule has 0 unspecified atom stereocenters. The molecule has 0 aromatic heterocycles. The molecule has 2 aromatic rings. The number of hydrogen-bond donors (Lipinski definition) is 1. The molecule has 1 N–H and O–H groups in total. The number of rotatable bonds is 2. The van der Waals surface area contributed by atoms with Gasteiger partial charge >= 0.3 is 0 Å². The van der Waals surface area contributed by atoms with Gasteiger partial charge in [-0.3, -0.25) is 9.69 Å². The zero-order valence-corrected chi connectivity index (χ0v) is 19.6. The second-order valence-electron chi connectivity index (χ2n) is 4.95. The van der Waals surface area contributed by atoms with Gasteiger partial charge in [0.15, 0.2) is 4.32 Å². The van der Waals surface area contributed by atoms with E-state index in [0.29, 0.717) is 32.1 Å². The highest BCUT2D eigenvalue weighted by atomic mass is 127. The number of benzene rings is 2. The lowest BCUT2D eigenvalue weighted by Crippen LogP contribution is -2.27. The van der Waals surface area contributed by atoms with E-state index in [9.17, 15) is 9.90 Å². The molecule has 1 aliphatic heterocycles. The standard InChI is InChI=1S/C16H7Cl2I2NO2S2/c17-8-1-2-12(9(18)6-8)21-15(23)13(25-16(21)24)5-7-3-10(19)14(22)11(20)4-7/h1-6,22H/b13-5-. The Morgan fingerprint density at radius 2 is 1.80 bits per heavy atom. The van der Waals surface area contributed by atoms with E-state index >= 15 is 0 Å². The second-order valence-corrected chi connectivity index (χ2v) is 9.79. The van der Waals surface area contributed by atoms with Crippen LogP contribution in [0.2, 0.25) is 10.0 Å². The van der Waals surface area contributed by atoms with Crippen LogP contribution in [-0.2, 0) is 4.79 Å². The largest absolute Gasteiger partial charge is 0.506 e. The third-order valence-electron chi connectivity index (χ3n) is 3.28. The maximum absolute atomic E-state index is 12.8. The van der Waals surface area contributed by atoms with Crippen molar-refractivity contribution in [3.05, 3.63) is 58.0 Å². The summed E-state index contributed by atoms with van der Waals surface area (Å²) >= 11 is 22.8. The highest BCUT2D eigenvalue weighted by Crippen LogP contribution is 2.40. The molecule has 1 amide bonds. The van der Waals surface area contributed by atoms with Gasteiger partial charge in [0.2, 0.25) is 0 Å². The van der Waals surface area contributed by atoms with E-state index in [2.05, 4.69) is 45.2 Å². The third kappa shape index (κ3) is 4.11. The Morgan fingerprint density at radius 3 is 2.40 bits per heavy atom. The normalized spacial score (nSPS) is 16.2. The maximum atomic E-state index is 12.8. The number of thioether (sulfide) groups is 1.